The van der Waals surface area contributed by atoms with Crippen molar-refractivity contribution in [3.05, 3.63) is 59.1 Å². The fourth-order valence-corrected chi connectivity index (χ4v) is 2.78. The summed E-state index contributed by atoms with van der Waals surface area (Å²) in [6.07, 6.45) is 0. The summed E-state index contributed by atoms with van der Waals surface area (Å²) in [6.45, 7) is 5.85. The van der Waals surface area contributed by atoms with Gasteiger partial charge in [-0.1, -0.05) is 37.6 Å². The number of nitrogens with one attached hydrogen (secondary N) is 3. The van der Waals surface area contributed by atoms with Crippen molar-refractivity contribution in [1.82, 2.24) is 5.32 Å². The highest BCUT2D eigenvalue weighted by Gasteiger charge is 2.16. The Kier molecular flexibility index (Phi) is 7.18. The molecule has 2 rings (SSSR count). The van der Waals surface area contributed by atoms with Crippen molar-refractivity contribution in [3.63, 3.8) is 0 Å². The lowest BCUT2D eigenvalue weighted by molar-refractivity contribution is -0.116. The van der Waals surface area contributed by atoms with Gasteiger partial charge in [0, 0.05) is 29.4 Å². The molecule has 0 radical (unpaired) electrons. The Morgan fingerprint density at radius 3 is 1.96 bits per heavy atom. The number of carbonyl (C=O) groups excluding carboxylic acids is 2. The van der Waals surface area contributed by atoms with Gasteiger partial charge in [0.15, 0.2) is 0 Å². The fourth-order valence-electron chi connectivity index (χ4n) is 2.66. The van der Waals surface area contributed by atoms with Crippen LogP contribution in [0.5, 0.6) is 0 Å². The second-order valence-electron chi connectivity index (χ2n) is 6.46. The lowest BCUT2D eigenvalue weighted by Crippen LogP contribution is -2.33. The van der Waals surface area contributed by atoms with Crippen molar-refractivity contribution in [1.29, 1.82) is 0 Å². The lowest BCUT2D eigenvalue weighted by Gasteiger charge is -2.23. The van der Waals surface area contributed by atoms with Crippen LogP contribution in [0.3, 0.4) is 0 Å². The van der Waals surface area contributed by atoms with Gasteiger partial charge in [-0.05, 0) is 47.9 Å². The highest BCUT2D eigenvalue weighted by Crippen LogP contribution is 2.23. The van der Waals surface area contributed by atoms with Gasteiger partial charge in [0.1, 0.15) is 0 Å². The summed E-state index contributed by atoms with van der Waals surface area (Å²) in [5, 5.41) is 9.52. The summed E-state index contributed by atoms with van der Waals surface area (Å²) in [6, 6.07) is 14.7. The van der Waals surface area contributed by atoms with Gasteiger partial charge in [0.25, 0.3) is 0 Å². The molecular weight excluding hydrogens is 350 g/mol. The van der Waals surface area contributed by atoms with Crippen LogP contribution >= 0.6 is 11.6 Å². The van der Waals surface area contributed by atoms with Crippen molar-refractivity contribution in [2.75, 3.05) is 17.2 Å². The van der Waals surface area contributed by atoms with Crippen LogP contribution in [0, 0.1) is 5.92 Å². The van der Waals surface area contributed by atoms with E-state index in [1.165, 1.54) is 6.92 Å². The van der Waals surface area contributed by atoms with E-state index in [9.17, 15) is 9.59 Å². The van der Waals surface area contributed by atoms with Crippen molar-refractivity contribution >= 4 is 34.8 Å². The molecule has 0 fully saturated rings. The third-order valence-electron chi connectivity index (χ3n) is 3.87. The molecule has 5 nitrogen and oxygen atoms in total. The van der Waals surface area contributed by atoms with E-state index in [2.05, 4.69) is 29.8 Å². The summed E-state index contributed by atoms with van der Waals surface area (Å²) < 4.78 is 0. The molecule has 2 amide bonds. The first-order valence-corrected chi connectivity index (χ1v) is 8.89. The van der Waals surface area contributed by atoms with Crippen molar-refractivity contribution in [3.8, 4) is 0 Å². The van der Waals surface area contributed by atoms with Crippen LogP contribution in [0.15, 0.2) is 48.5 Å². The first-order chi connectivity index (χ1) is 12.3. The van der Waals surface area contributed by atoms with Gasteiger partial charge >= 0.3 is 0 Å². The highest BCUT2D eigenvalue weighted by molar-refractivity contribution is 6.30. The minimum absolute atomic E-state index is 0.0557. The molecule has 0 aliphatic rings. The minimum Gasteiger partial charge on any atom is -0.326 e. The summed E-state index contributed by atoms with van der Waals surface area (Å²) in [4.78, 5) is 23.2. The Bertz CT molecular complexity index is 743. The van der Waals surface area contributed by atoms with Crippen LogP contribution in [0.25, 0.3) is 0 Å². The van der Waals surface area contributed by atoms with Gasteiger partial charge in [-0.25, -0.2) is 0 Å². The van der Waals surface area contributed by atoms with Gasteiger partial charge in [0.05, 0.1) is 6.54 Å². The molecule has 1 atom stereocenters. The summed E-state index contributed by atoms with van der Waals surface area (Å²) >= 11 is 5.94. The summed E-state index contributed by atoms with van der Waals surface area (Å²) in [5.74, 6) is 0.0608. The number of hydrogen-bond donors (Lipinski definition) is 3. The molecule has 0 saturated heterocycles. The van der Waals surface area contributed by atoms with Crippen LogP contribution < -0.4 is 16.0 Å². The molecule has 26 heavy (non-hydrogen) atoms. The molecule has 0 aliphatic heterocycles. The molecule has 2 aromatic rings. The maximum absolute atomic E-state index is 12.2. The number of carbonyl (C=O) groups is 2. The molecule has 138 valence electrons. The fraction of sp³-hybridized carbons (Fsp3) is 0.300. The van der Waals surface area contributed by atoms with Crippen LogP contribution in [0.2, 0.25) is 5.02 Å². The zero-order valence-corrected chi connectivity index (χ0v) is 15.9. The molecular formula is C20H24ClN3O2. The van der Waals surface area contributed by atoms with Gasteiger partial charge in [-0.15, -0.1) is 0 Å². The SMILES string of the molecule is CC(=O)Nc1ccc(NC(=O)CN[C@@H](c2ccc(Cl)cc2)C(C)C)cc1. The third-order valence-corrected chi connectivity index (χ3v) is 4.12. The topological polar surface area (TPSA) is 70.2 Å². The molecule has 6 heteroatoms. The number of anilines is 2. The molecule has 0 bridgehead atoms. The zero-order chi connectivity index (χ0) is 19.1. The van der Waals surface area contributed by atoms with Gasteiger partial charge in [0.2, 0.25) is 11.8 Å². The molecule has 0 saturated carbocycles. The lowest BCUT2D eigenvalue weighted by atomic mass is 9.96. The second-order valence-corrected chi connectivity index (χ2v) is 6.90. The van der Waals surface area contributed by atoms with Crippen molar-refractivity contribution in [2.45, 2.75) is 26.8 Å². The Labute approximate surface area is 159 Å². The standard InChI is InChI=1S/C20H24ClN3O2/c1-13(2)20(15-4-6-16(21)7-5-15)22-12-19(26)24-18-10-8-17(9-11-18)23-14(3)25/h4-11,13,20,22H,12H2,1-3H3,(H,23,25)(H,24,26)/t20-/m1/s1. The molecule has 0 unspecified atom stereocenters. The smallest absolute Gasteiger partial charge is 0.238 e. The van der Waals surface area contributed by atoms with Crippen LogP contribution in [-0.4, -0.2) is 18.4 Å². The monoisotopic (exact) mass is 373 g/mol. The largest absolute Gasteiger partial charge is 0.326 e. The Morgan fingerprint density at radius 1 is 0.923 bits per heavy atom. The van der Waals surface area contributed by atoms with Crippen molar-refractivity contribution < 1.29 is 9.59 Å². The maximum atomic E-state index is 12.2. The van der Waals surface area contributed by atoms with Gasteiger partial charge < -0.3 is 16.0 Å². The maximum Gasteiger partial charge on any atom is 0.238 e. The summed E-state index contributed by atoms with van der Waals surface area (Å²) in [7, 11) is 0. The number of rotatable bonds is 7. The number of halogens is 1. The predicted octanol–water partition coefficient (Wildman–Crippen LogP) is 4.22. The van der Waals surface area contributed by atoms with E-state index in [1.54, 1.807) is 24.3 Å². The molecule has 0 aliphatic carbocycles. The van der Waals surface area contributed by atoms with Crippen LogP contribution in [0.4, 0.5) is 11.4 Å². The quantitative estimate of drug-likeness (QED) is 0.680. The van der Waals surface area contributed by atoms with Gasteiger partial charge in [-0.3, -0.25) is 9.59 Å². The Morgan fingerprint density at radius 2 is 1.46 bits per heavy atom. The normalized spacial score (nSPS) is 11.9. The predicted molar refractivity (Wildman–Crippen MR) is 106 cm³/mol. The highest BCUT2D eigenvalue weighted by atomic mass is 35.5. The summed E-state index contributed by atoms with van der Waals surface area (Å²) in [5.41, 5.74) is 2.46. The van der Waals surface area contributed by atoms with Crippen LogP contribution in [-0.2, 0) is 9.59 Å². The average Bonchev–Trinajstić information content (AvgIpc) is 2.57. The zero-order valence-electron chi connectivity index (χ0n) is 15.2. The van der Waals surface area contributed by atoms with Crippen molar-refractivity contribution in [2.24, 2.45) is 5.92 Å². The van der Waals surface area contributed by atoms with E-state index in [1.807, 2.05) is 24.3 Å². The Balaban J connectivity index is 1.91. The van der Waals surface area contributed by atoms with Crippen LogP contribution in [0.1, 0.15) is 32.4 Å². The second kappa shape index (κ2) is 9.36. The average molecular weight is 374 g/mol. The van der Waals surface area contributed by atoms with E-state index in [0.717, 1.165) is 5.56 Å². The Hall–Kier alpha value is -2.37. The van der Waals surface area contributed by atoms with E-state index < -0.39 is 0 Å². The van der Waals surface area contributed by atoms with E-state index >= 15 is 0 Å². The van der Waals surface area contributed by atoms with E-state index in [-0.39, 0.29) is 24.4 Å². The molecule has 0 spiro atoms. The van der Waals surface area contributed by atoms with Gasteiger partial charge in [-0.2, -0.15) is 0 Å². The minimum atomic E-state index is -0.132. The molecule has 2 aromatic carbocycles. The third kappa shape index (κ3) is 6.17. The number of benzene rings is 2. The molecule has 0 heterocycles. The van der Waals surface area contributed by atoms with E-state index in [4.69, 9.17) is 11.6 Å². The van der Waals surface area contributed by atoms with E-state index in [0.29, 0.717) is 22.3 Å². The first-order valence-electron chi connectivity index (χ1n) is 8.51. The first kappa shape index (κ1) is 19.9. The number of hydrogen-bond acceptors (Lipinski definition) is 3. The molecule has 3 N–H and O–H groups in total. The molecule has 0 aromatic heterocycles. The number of amides is 2.